The number of hydrogen-bond acceptors (Lipinski definition) is 8. The van der Waals surface area contributed by atoms with Gasteiger partial charge in [-0.2, -0.15) is 9.61 Å². The zero-order valence-electron chi connectivity index (χ0n) is 15.4. The van der Waals surface area contributed by atoms with E-state index in [9.17, 15) is 14.7 Å². The minimum absolute atomic E-state index is 0.188. The third-order valence-corrected chi connectivity index (χ3v) is 4.43. The Morgan fingerprint density at radius 3 is 2.93 bits per heavy atom. The fourth-order valence-electron chi connectivity index (χ4n) is 2.87. The quantitative estimate of drug-likeness (QED) is 0.341. The van der Waals surface area contributed by atoms with E-state index in [1.54, 1.807) is 10.6 Å². The molecule has 1 amide bonds. The van der Waals surface area contributed by atoms with Crippen molar-refractivity contribution in [2.45, 2.75) is 18.9 Å². The van der Waals surface area contributed by atoms with E-state index in [2.05, 4.69) is 40.3 Å². The molecule has 4 aromatic heterocycles. The van der Waals surface area contributed by atoms with E-state index in [1.165, 1.54) is 30.9 Å². The van der Waals surface area contributed by atoms with Crippen LogP contribution in [-0.4, -0.2) is 51.6 Å². The van der Waals surface area contributed by atoms with Crippen LogP contribution in [0.5, 0.6) is 5.88 Å². The van der Waals surface area contributed by atoms with Crippen molar-refractivity contribution < 1.29 is 9.90 Å². The first-order valence-corrected chi connectivity index (χ1v) is 9.10. The number of nitrogens with one attached hydrogen (secondary N) is 3. The highest BCUT2D eigenvalue weighted by atomic mass is 16.3. The SMILES string of the molecule is O=C(Nc1cc(=NC2CC2)n2nc/c(=C/c3[nH]c(=O)[nH]c3O)c2n1)c1ccncn1. The summed E-state index contributed by atoms with van der Waals surface area (Å²) in [7, 11) is 0. The molecular weight excluding hydrogens is 390 g/mol. The lowest BCUT2D eigenvalue weighted by molar-refractivity contribution is 0.102. The molecular formula is C18H15N9O3. The number of nitrogens with zero attached hydrogens (tertiary/aromatic N) is 6. The molecule has 150 valence electrons. The van der Waals surface area contributed by atoms with Gasteiger partial charge in [0.15, 0.2) is 11.1 Å². The molecule has 4 N–H and O–H groups in total. The zero-order chi connectivity index (χ0) is 20.7. The second kappa shape index (κ2) is 6.92. The van der Waals surface area contributed by atoms with Gasteiger partial charge in [0, 0.05) is 17.5 Å². The highest BCUT2D eigenvalue weighted by Gasteiger charge is 2.20. The van der Waals surface area contributed by atoms with Crippen LogP contribution in [0, 0.1) is 0 Å². The normalized spacial score (nSPS) is 15.1. The van der Waals surface area contributed by atoms with Gasteiger partial charge in [-0.05, 0) is 25.0 Å². The van der Waals surface area contributed by atoms with Gasteiger partial charge in [-0.1, -0.05) is 0 Å². The molecule has 0 saturated heterocycles. The summed E-state index contributed by atoms with van der Waals surface area (Å²) in [5, 5.41) is 17.4. The Balaban J connectivity index is 1.64. The van der Waals surface area contributed by atoms with Crippen LogP contribution in [0.4, 0.5) is 5.82 Å². The van der Waals surface area contributed by atoms with Crippen LogP contribution in [0.25, 0.3) is 11.7 Å². The van der Waals surface area contributed by atoms with Crippen LogP contribution in [0.1, 0.15) is 29.0 Å². The van der Waals surface area contributed by atoms with E-state index in [1.807, 2.05) is 0 Å². The van der Waals surface area contributed by atoms with Gasteiger partial charge in [-0.3, -0.25) is 14.8 Å². The number of rotatable bonds is 4. The van der Waals surface area contributed by atoms with Crippen LogP contribution < -0.4 is 21.7 Å². The van der Waals surface area contributed by atoms with Crippen molar-refractivity contribution in [2.75, 3.05) is 5.32 Å². The molecule has 1 aliphatic rings. The largest absolute Gasteiger partial charge is 0.493 e. The maximum atomic E-state index is 12.5. The third kappa shape index (κ3) is 3.41. The Morgan fingerprint density at radius 1 is 1.37 bits per heavy atom. The van der Waals surface area contributed by atoms with Gasteiger partial charge in [-0.15, -0.1) is 0 Å². The lowest BCUT2D eigenvalue weighted by Crippen LogP contribution is -2.22. The first-order chi connectivity index (χ1) is 14.6. The van der Waals surface area contributed by atoms with E-state index >= 15 is 0 Å². The third-order valence-electron chi connectivity index (χ3n) is 4.43. The summed E-state index contributed by atoms with van der Waals surface area (Å²) < 4.78 is 1.55. The van der Waals surface area contributed by atoms with Crippen molar-refractivity contribution in [3.05, 3.63) is 63.4 Å². The maximum Gasteiger partial charge on any atom is 0.326 e. The van der Waals surface area contributed by atoms with Crippen molar-refractivity contribution in [2.24, 2.45) is 4.99 Å². The Kier molecular flexibility index (Phi) is 4.09. The summed E-state index contributed by atoms with van der Waals surface area (Å²) >= 11 is 0. The summed E-state index contributed by atoms with van der Waals surface area (Å²) in [6.45, 7) is 0. The molecule has 30 heavy (non-hydrogen) atoms. The Hall–Kier alpha value is -4.35. The molecule has 0 aromatic carbocycles. The summed E-state index contributed by atoms with van der Waals surface area (Å²) in [5.41, 5.74) is 0.781. The van der Waals surface area contributed by atoms with Gasteiger partial charge >= 0.3 is 5.69 Å². The number of aromatic nitrogens is 7. The fourth-order valence-corrected chi connectivity index (χ4v) is 2.87. The number of H-pyrrole nitrogens is 2. The molecule has 4 heterocycles. The van der Waals surface area contributed by atoms with Crippen molar-refractivity contribution in [3.63, 3.8) is 0 Å². The van der Waals surface area contributed by atoms with Gasteiger partial charge in [0.25, 0.3) is 5.91 Å². The lowest BCUT2D eigenvalue weighted by atomic mass is 10.3. The van der Waals surface area contributed by atoms with Gasteiger partial charge < -0.3 is 15.4 Å². The smallest absolute Gasteiger partial charge is 0.326 e. The first-order valence-electron chi connectivity index (χ1n) is 9.10. The first kappa shape index (κ1) is 17.7. The van der Waals surface area contributed by atoms with E-state index in [0.717, 1.165) is 12.8 Å². The minimum atomic E-state index is -0.537. The average molecular weight is 405 g/mol. The Morgan fingerprint density at radius 2 is 2.23 bits per heavy atom. The Bertz CT molecular complexity index is 1430. The number of aromatic hydroxyl groups is 1. The number of anilines is 1. The predicted octanol–water partition coefficient (Wildman–Crippen LogP) is -0.896. The highest BCUT2D eigenvalue weighted by molar-refractivity contribution is 6.02. The van der Waals surface area contributed by atoms with Gasteiger partial charge in [0.05, 0.1) is 12.2 Å². The lowest BCUT2D eigenvalue weighted by Gasteiger charge is -2.05. The summed E-state index contributed by atoms with van der Waals surface area (Å²) in [6, 6.07) is 3.34. The zero-order valence-corrected chi connectivity index (χ0v) is 15.4. The molecule has 1 fully saturated rings. The predicted molar refractivity (Wildman–Crippen MR) is 103 cm³/mol. The van der Waals surface area contributed by atoms with Gasteiger partial charge in [0.2, 0.25) is 5.88 Å². The van der Waals surface area contributed by atoms with Gasteiger partial charge in [0.1, 0.15) is 23.5 Å². The van der Waals surface area contributed by atoms with E-state index in [4.69, 9.17) is 0 Å². The molecule has 0 aliphatic heterocycles. The molecule has 4 aromatic rings. The number of carbonyl (C=O) groups is 1. The Labute approximate surface area is 167 Å². The van der Waals surface area contributed by atoms with Crippen molar-refractivity contribution >= 4 is 23.4 Å². The molecule has 1 aliphatic carbocycles. The van der Waals surface area contributed by atoms with E-state index in [0.29, 0.717) is 16.4 Å². The molecule has 0 radical (unpaired) electrons. The standard InChI is InChI=1S/C18H15N9O3/c28-16(11-3-4-19-8-20-11)25-13-6-14(22-10-1-2-10)27-15(24-13)9(7-21-27)5-12-17(29)26-18(30)23-12/h3-8,10,29H,1-2H2,(H,25,28)(H2,23,26,30)/b9-5-,22-14?. The molecule has 0 bridgehead atoms. The molecule has 12 heteroatoms. The molecule has 0 atom stereocenters. The molecule has 1 saturated carbocycles. The summed E-state index contributed by atoms with van der Waals surface area (Å²) in [5.74, 6) is -0.466. The van der Waals surface area contributed by atoms with Crippen LogP contribution in [0.2, 0.25) is 0 Å². The second-order valence-electron chi connectivity index (χ2n) is 6.73. The topological polar surface area (TPSA) is 166 Å². The monoisotopic (exact) mass is 405 g/mol. The average Bonchev–Trinajstić information content (AvgIpc) is 3.37. The minimum Gasteiger partial charge on any atom is -0.493 e. The molecule has 12 nitrogen and oxygen atoms in total. The van der Waals surface area contributed by atoms with Gasteiger partial charge in [-0.25, -0.2) is 19.7 Å². The number of hydrogen-bond donors (Lipinski definition) is 4. The van der Waals surface area contributed by atoms with E-state index in [-0.39, 0.29) is 29.1 Å². The number of imidazole rings is 1. The van der Waals surface area contributed by atoms with E-state index < -0.39 is 11.6 Å². The molecule has 0 spiro atoms. The van der Waals surface area contributed by atoms with Crippen LogP contribution in [-0.2, 0) is 0 Å². The van der Waals surface area contributed by atoms with Crippen LogP contribution >= 0.6 is 0 Å². The number of carbonyl (C=O) groups excluding carboxylic acids is 1. The number of fused-ring (bicyclic) bond motifs is 1. The summed E-state index contributed by atoms with van der Waals surface area (Å²) in [4.78, 5) is 45.4. The van der Waals surface area contributed by atoms with Crippen molar-refractivity contribution in [1.82, 2.24) is 34.5 Å². The molecule has 0 unspecified atom stereocenters. The number of amides is 1. The fraction of sp³-hybridized carbons (Fsp3) is 0.167. The second-order valence-corrected chi connectivity index (χ2v) is 6.73. The van der Waals surface area contributed by atoms with Crippen molar-refractivity contribution in [3.8, 4) is 5.88 Å². The molecule has 5 rings (SSSR count). The highest BCUT2D eigenvalue weighted by Crippen LogP contribution is 2.22. The van der Waals surface area contributed by atoms with Crippen LogP contribution in [0.15, 0.2) is 40.6 Å². The maximum absolute atomic E-state index is 12.5. The number of aromatic amines is 2. The van der Waals surface area contributed by atoms with Crippen molar-refractivity contribution in [1.29, 1.82) is 0 Å². The summed E-state index contributed by atoms with van der Waals surface area (Å²) in [6.07, 6.45) is 7.80. The van der Waals surface area contributed by atoms with Crippen LogP contribution in [0.3, 0.4) is 0 Å².